The van der Waals surface area contributed by atoms with Gasteiger partial charge in [0, 0.05) is 11.5 Å². The average Bonchev–Trinajstić information content (AvgIpc) is 2.19. The molecule has 0 atom stereocenters. The number of nitrogens with zero attached hydrogens (tertiary/aromatic N) is 1. The molecular weight excluding hydrogens is 212 g/mol. The van der Waals surface area contributed by atoms with Crippen LogP contribution in [-0.4, -0.2) is 10.8 Å². The molecule has 0 aliphatic heterocycles. The van der Waals surface area contributed by atoms with Crippen molar-refractivity contribution in [2.75, 3.05) is 0 Å². The molecule has 0 aliphatic carbocycles. The standard InChI is InChI=1S/C11H9F2N3/c1-5-2-9(11(14)15)16-10-7(5)3-6(12)4-8(10)13/h2-4H,1H3,(H3,14,15). The number of halogens is 2. The molecule has 2 rings (SSSR count). The van der Waals surface area contributed by atoms with Crippen LogP contribution in [0.2, 0.25) is 0 Å². The number of benzene rings is 1. The number of nitrogen functional groups attached to an aromatic ring is 1. The van der Waals surface area contributed by atoms with Gasteiger partial charge in [-0.2, -0.15) is 0 Å². The van der Waals surface area contributed by atoms with E-state index in [9.17, 15) is 8.78 Å². The van der Waals surface area contributed by atoms with Gasteiger partial charge in [0.25, 0.3) is 0 Å². The van der Waals surface area contributed by atoms with E-state index in [-0.39, 0.29) is 17.0 Å². The van der Waals surface area contributed by atoms with Gasteiger partial charge in [-0.15, -0.1) is 0 Å². The van der Waals surface area contributed by atoms with Crippen LogP contribution in [0.25, 0.3) is 10.9 Å². The summed E-state index contributed by atoms with van der Waals surface area (Å²) in [6.07, 6.45) is 0. The number of aromatic nitrogens is 1. The Kier molecular flexibility index (Phi) is 2.30. The van der Waals surface area contributed by atoms with Gasteiger partial charge >= 0.3 is 0 Å². The van der Waals surface area contributed by atoms with E-state index in [1.807, 2.05) is 0 Å². The van der Waals surface area contributed by atoms with Gasteiger partial charge in [-0.3, -0.25) is 5.41 Å². The fourth-order valence-electron chi connectivity index (χ4n) is 1.55. The minimum atomic E-state index is -0.749. The molecule has 0 amide bonds. The molecule has 3 nitrogen and oxygen atoms in total. The van der Waals surface area contributed by atoms with E-state index in [0.29, 0.717) is 10.9 Å². The van der Waals surface area contributed by atoms with Crippen molar-refractivity contribution in [3.8, 4) is 0 Å². The zero-order chi connectivity index (χ0) is 11.9. The molecule has 0 spiro atoms. The van der Waals surface area contributed by atoms with Gasteiger partial charge < -0.3 is 5.73 Å². The molecular formula is C11H9F2N3. The topological polar surface area (TPSA) is 62.8 Å². The molecule has 0 aliphatic rings. The SMILES string of the molecule is Cc1cc(C(=N)N)nc2c(F)cc(F)cc12. The summed E-state index contributed by atoms with van der Waals surface area (Å²) in [5.41, 5.74) is 6.14. The molecule has 1 aromatic heterocycles. The van der Waals surface area contributed by atoms with Crippen molar-refractivity contribution < 1.29 is 8.78 Å². The largest absolute Gasteiger partial charge is 0.382 e. The molecule has 0 saturated carbocycles. The molecule has 1 aromatic carbocycles. The summed E-state index contributed by atoms with van der Waals surface area (Å²) in [6.45, 7) is 1.69. The van der Waals surface area contributed by atoms with Gasteiger partial charge in [0.2, 0.25) is 0 Å². The first-order valence-electron chi connectivity index (χ1n) is 4.60. The van der Waals surface area contributed by atoms with Gasteiger partial charge in [0.1, 0.15) is 22.9 Å². The van der Waals surface area contributed by atoms with E-state index in [2.05, 4.69) is 4.98 Å². The van der Waals surface area contributed by atoms with Crippen molar-refractivity contribution in [3.63, 3.8) is 0 Å². The maximum Gasteiger partial charge on any atom is 0.152 e. The van der Waals surface area contributed by atoms with Crippen LogP contribution in [0.4, 0.5) is 8.78 Å². The summed E-state index contributed by atoms with van der Waals surface area (Å²) in [7, 11) is 0. The molecule has 0 unspecified atom stereocenters. The summed E-state index contributed by atoms with van der Waals surface area (Å²) in [5, 5.41) is 7.63. The van der Waals surface area contributed by atoms with Crippen LogP contribution in [0.3, 0.4) is 0 Å². The Morgan fingerprint density at radius 1 is 1.31 bits per heavy atom. The molecule has 1 heterocycles. The summed E-state index contributed by atoms with van der Waals surface area (Å²) >= 11 is 0. The summed E-state index contributed by atoms with van der Waals surface area (Å²) in [4.78, 5) is 3.88. The number of hydrogen-bond donors (Lipinski definition) is 2. The molecule has 5 heteroatoms. The normalized spacial score (nSPS) is 10.7. The van der Waals surface area contributed by atoms with Crippen molar-refractivity contribution in [3.05, 3.63) is 41.1 Å². The molecule has 82 valence electrons. The number of nitrogens with two attached hydrogens (primary N) is 1. The highest BCUT2D eigenvalue weighted by molar-refractivity contribution is 5.96. The first kappa shape index (κ1) is 10.5. The highest BCUT2D eigenvalue weighted by Crippen LogP contribution is 2.21. The summed E-state index contributed by atoms with van der Waals surface area (Å²) in [6, 6.07) is 3.51. The fourth-order valence-corrected chi connectivity index (χ4v) is 1.55. The van der Waals surface area contributed by atoms with E-state index in [1.54, 1.807) is 6.92 Å². The lowest BCUT2D eigenvalue weighted by Crippen LogP contribution is -2.13. The maximum atomic E-state index is 13.5. The minimum absolute atomic E-state index is 0.0339. The van der Waals surface area contributed by atoms with Gasteiger partial charge in [0.15, 0.2) is 5.82 Å². The number of amidine groups is 1. The number of aryl methyl sites for hydroxylation is 1. The van der Waals surface area contributed by atoms with Crippen molar-refractivity contribution in [2.24, 2.45) is 5.73 Å². The highest BCUT2D eigenvalue weighted by atomic mass is 19.1. The number of rotatable bonds is 1. The number of hydrogen-bond acceptors (Lipinski definition) is 2. The second-order valence-electron chi connectivity index (χ2n) is 3.52. The average molecular weight is 221 g/mol. The van der Waals surface area contributed by atoms with Crippen LogP contribution in [0.1, 0.15) is 11.3 Å². The van der Waals surface area contributed by atoms with Gasteiger partial charge in [-0.1, -0.05) is 0 Å². The fraction of sp³-hybridized carbons (Fsp3) is 0.0909. The predicted molar refractivity (Wildman–Crippen MR) is 57.4 cm³/mol. The van der Waals surface area contributed by atoms with Gasteiger partial charge in [-0.05, 0) is 24.6 Å². The molecule has 0 saturated heterocycles. The third-order valence-corrected chi connectivity index (χ3v) is 2.31. The molecule has 0 radical (unpaired) electrons. The predicted octanol–water partition coefficient (Wildman–Crippen LogP) is 2.11. The Bertz CT molecular complexity index is 593. The van der Waals surface area contributed by atoms with Crippen LogP contribution < -0.4 is 5.73 Å². The molecule has 2 aromatic rings. The first-order valence-corrected chi connectivity index (χ1v) is 4.60. The van der Waals surface area contributed by atoms with E-state index >= 15 is 0 Å². The maximum absolute atomic E-state index is 13.5. The summed E-state index contributed by atoms with van der Waals surface area (Å²) in [5.74, 6) is -1.64. The van der Waals surface area contributed by atoms with Crippen LogP contribution in [0, 0.1) is 24.0 Å². The van der Waals surface area contributed by atoms with Crippen molar-refractivity contribution in [1.82, 2.24) is 4.98 Å². The van der Waals surface area contributed by atoms with Crippen molar-refractivity contribution in [2.45, 2.75) is 6.92 Å². The van der Waals surface area contributed by atoms with Crippen molar-refractivity contribution >= 4 is 16.7 Å². The van der Waals surface area contributed by atoms with Crippen LogP contribution in [-0.2, 0) is 0 Å². The Morgan fingerprint density at radius 3 is 2.62 bits per heavy atom. The number of nitrogens with one attached hydrogen (secondary N) is 1. The van der Waals surface area contributed by atoms with E-state index in [0.717, 1.165) is 6.07 Å². The molecule has 16 heavy (non-hydrogen) atoms. The summed E-state index contributed by atoms with van der Waals surface area (Å²) < 4.78 is 26.5. The monoisotopic (exact) mass is 221 g/mol. The molecule has 0 bridgehead atoms. The molecule has 0 fully saturated rings. The lowest BCUT2D eigenvalue weighted by atomic mass is 10.1. The Balaban J connectivity index is 2.87. The van der Waals surface area contributed by atoms with Gasteiger partial charge in [-0.25, -0.2) is 13.8 Å². The first-order chi connectivity index (χ1) is 7.49. The quantitative estimate of drug-likeness (QED) is 0.572. The second kappa shape index (κ2) is 3.52. The Hall–Kier alpha value is -2.04. The van der Waals surface area contributed by atoms with Crippen LogP contribution >= 0.6 is 0 Å². The van der Waals surface area contributed by atoms with E-state index in [1.165, 1.54) is 12.1 Å². The Morgan fingerprint density at radius 2 is 2.00 bits per heavy atom. The number of fused-ring (bicyclic) bond motifs is 1. The minimum Gasteiger partial charge on any atom is -0.382 e. The zero-order valence-electron chi connectivity index (χ0n) is 8.51. The third kappa shape index (κ3) is 1.60. The van der Waals surface area contributed by atoms with Crippen molar-refractivity contribution in [1.29, 1.82) is 5.41 Å². The smallest absolute Gasteiger partial charge is 0.152 e. The lowest BCUT2D eigenvalue weighted by molar-refractivity contribution is 0.590. The zero-order valence-corrected chi connectivity index (χ0v) is 8.51. The van der Waals surface area contributed by atoms with E-state index in [4.69, 9.17) is 11.1 Å². The lowest BCUT2D eigenvalue weighted by Gasteiger charge is -2.06. The van der Waals surface area contributed by atoms with Crippen LogP contribution in [0.15, 0.2) is 18.2 Å². The number of pyridine rings is 1. The van der Waals surface area contributed by atoms with Crippen LogP contribution in [0.5, 0.6) is 0 Å². The Labute approximate surface area is 90.4 Å². The van der Waals surface area contributed by atoms with E-state index < -0.39 is 11.6 Å². The molecule has 3 N–H and O–H groups in total. The van der Waals surface area contributed by atoms with Gasteiger partial charge in [0.05, 0.1) is 0 Å². The second-order valence-corrected chi connectivity index (χ2v) is 3.52. The highest BCUT2D eigenvalue weighted by Gasteiger charge is 2.10. The third-order valence-electron chi connectivity index (χ3n) is 2.31.